The number of benzene rings is 2. The summed E-state index contributed by atoms with van der Waals surface area (Å²) in [6.07, 6.45) is 0. The van der Waals surface area contributed by atoms with Crippen molar-refractivity contribution >= 4 is 56.9 Å². The molecule has 15 heavy (non-hydrogen) atoms. The first-order valence-corrected chi connectivity index (χ1v) is 7.41. The third-order valence-electron chi connectivity index (χ3n) is 1.88. The Labute approximate surface area is 121 Å². The molecular formula is C12H8I2S. The molecule has 0 spiro atoms. The second-order valence-electron chi connectivity index (χ2n) is 2.97. The van der Waals surface area contributed by atoms with Crippen LogP contribution in [0.5, 0.6) is 0 Å². The second-order valence-corrected chi connectivity index (χ2v) is 6.37. The van der Waals surface area contributed by atoms with Crippen LogP contribution in [0, 0.1) is 7.14 Å². The van der Waals surface area contributed by atoms with Gasteiger partial charge in [-0.05, 0) is 69.4 Å². The van der Waals surface area contributed by atoms with Gasteiger partial charge in [0.25, 0.3) is 0 Å². The molecule has 0 nitrogen and oxygen atoms in total. The third-order valence-corrected chi connectivity index (χ3v) is 5.56. The van der Waals surface area contributed by atoms with Crippen molar-refractivity contribution < 1.29 is 0 Å². The largest absolute Gasteiger partial charge is 0.0879 e. The van der Waals surface area contributed by atoms with Crippen LogP contribution in [-0.4, -0.2) is 0 Å². The van der Waals surface area contributed by atoms with E-state index in [1.54, 1.807) is 0 Å². The van der Waals surface area contributed by atoms with E-state index in [2.05, 4.69) is 87.6 Å². The van der Waals surface area contributed by atoms with Gasteiger partial charge in [-0.25, -0.2) is 0 Å². The highest BCUT2D eigenvalue weighted by Crippen LogP contribution is 2.34. The molecule has 0 aliphatic rings. The Hall–Kier alpha value is 0.250. The smallest absolute Gasteiger partial charge is 0.0389 e. The summed E-state index contributed by atoms with van der Waals surface area (Å²) in [4.78, 5) is 2.64. The van der Waals surface area contributed by atoms with Crippen LogP contribution in [0.1, 0.15) is 0 Å². The van der Waals surface area contributed by atoms with Crippen LogP contribution in [0.4, 0.5) is 0 Å². The molecule has 0 unspecified atom stereocenters. The predicted molar refractivity (Wildman–Crippen MR) is 82.4 cm³/mol. The SMILES string of the molecule is Ic1cccc(I)c1Sc1ccccc1. The molecule has 0 aromatic heterocycles. The summed E-state index contributed by atoms with van der Waals surface area (Å²) in [6.45, 7) is 0. The van der Waals surface area contributed by atoms with Crippen molar-refractivity contribution in [1.82, 2.24) is 0 Å². The Bertz CT molecular complexity index is 434. The summed E-state index contributed by atoms with van der Waals surface area (Å²) < 4.78 is 2.63. The van der Waals surface area contributed by atoms with Crippen LogP contribution in [0.3, 0.4) is 0 Å². The van der Waals surface area contributed by atoms with Crippen molar-refractivity contribution in [2.45, 2.75) is 9.79 Å². The molecule has 2 aromatic rings. The molecule has 0 saturated carbocycles. The van der Waals surface area contributed by atoms with Crippen molar-refractivity contribution in [3.63, 3.8) is 0 Å². The van der Waals surface area contributed by atoms with E-state index in [9.17, 15) is 0 Å². The minimum Gasteiger partial charge on any atom is -0.0879 e. The number of hydrogen-bond acceptors (Lipinski definition) is 1. The zero-order valence-corrected chi connectivity index (χ0v) is 12.9. The highest BCUT2D eigenvalue weighted by Gasteiger charge is 2.05. The number of hydrogen-bond donors (Lipinski definition) is 0. The topological polar surface area (TPSA) is 0 Å². The molecule has 0 heterocycles. The van der Waals surface area contributed by atoms with Gasteiger partial charge >= 0.3 is 0 Å². The first-order chi connectivity index (χ1) is 7.27. The highest BCUT2D eigenvalue weighted by molar-refractivity contribution is 14.1. The molecule has 0 saturated heterocycles. The number of halogens is 2. The lowest BCUT2D eigenvalue weighted by molar-refractivity contribution is 1.33. The Morgan fingerprint density at radius 1 is 0.733 bits per heavy atom. The van der Waals surface area contributed by atoms with Gasteiger partial charge < -0.3 is 0 Å². The lowest BCUT2D eigenvalue weighted by atomic mass is 10.4. The normalized spacial score (nSPS) is 10.3. The van der Waals surface area contributed by atoms with Gasteiger partial charge in [-0.3, -0.25) is 0 Å². The molecule has 0 fully saturated rings. The van der Waals surface area contributed by atoms with E-state index in [-0.39, 0.29) is 0 Å². The van der Waals surface area contributed by atoms with E-state index in [1.165, 1.54) is 16.9 Å². The van der Waals surface area contributed by atoms with E-state index in [0.717, 1.165) is 0 Å². The molecule has 0 N–H and O–H groups in total. The summed E-state index contributed by atoms with van der Waals surface area (Å²) in [5, 5.41) is 0. The Morgan fingerprint density at radius 3 is 1.93 bits per heavy atom. The quantitative estimate of drug-likeness (QED) is 0.592. The van der Waals surface area contributed by atoms with Gasteiger partial charge in [0.2, 0.25) is 0 Å². The van der Waals surface area contributed by atoms with Crippen LogP contribution in [0.25, 0.3) is 0 Å². The van der Waals surface area contributed by atoms with Crippen LogP contribution in [-0.2, 0) is 0 Å². The van der Waals surface area contributed by atoms with Crippen LogP contribution < -0.4 is 0 Å². The molecule has 0 atom stereocenters. The molecule has 0 aliphatic carbocycles. The first-order valence-electron chi connectivity index (χ1n) is 4.44. The zero-order chi connectivity index (χ0) is 10.7. The van der Waals surface area contributed by atoms with Crippen LogP contribution >= 0.6 is 56.9 Å². The van der Waals surface area contributed by atoms with Crippen LogP contribution in [0.2, 0.25) is 0 Å². The Kier molecular flexibility index (Phi) is 4.33. The van der Waals surface area contributed by atoms with Gasteiger partial charge in [0.15, 0.2) is 0 Å². The first kappa shape index (κ1) is 11.7. The van der Waals surface area contributed by atoms with E-state index in [0.29, 0.717) is 0 Å². The predicted octanol–water partition coefficient (Wildman–Crippen LogP) is 5.05. The fourth-order valence-electron chi connectivity index (χ4n) is 1.19. The maximum Gasteiger partial charge on any atom is 0.0389 e. The van der Waals surface area contributed by atoms with Crippen molar-refractivity contribution in [1.29, 1.82) is 0 Å². The summed E-state index contributed by atoms with van der Waals surface area (Å²) in [7, 11) is 0. The van der Waals surface area contributed by atoms with Gasteiger partial charge in [0.1, 0.15) is 0 Å². The van der Waals surface area contributed by atoms with E-state index < -0.39 is 0 Å². The summed E-state index contributed by atoms with van der Waals surface area (Å²) in [5.74, 6) is 0. The molecule has 0 aliphatic heterocycles. The van der Waals surface area contributed by atoms with Crippen molar-refractivity contribution in [2.24, 2.45) is 0 Å². The van der Waals surface area contributed by atoms with Crippen molar-refractivity contribution in [3.8, 4) is 0 Å². The summed E-state index contributed by atoms with van der Waals surface area (Å²) in [6, 6.07) is 16.9. The van der Waals surface area contributed by atoms with Crippen LogP contribution in [0.15, 0.2) is 58.3 Å². The highest BCUT2D eigenvalue weighted by atomic mass is 127. The van der Waals surface area contributed by atoms with Gasteiger partial charge in [0.05, 0.1) is 0 Å². The summed E-state index contributed by atoms with van der Waals surface area (Å²) >= 11 is 6.60. The number of rotatable bonds is 2. The standard InChI is InChI=1S/C12H8I2S/c13-10-7-4-8-11(14)12(10)15-9-5-2-1-3-6-9/h1-8H. The molecule has 0 radical (unpaired) electrons. The molecule has 2 aromatic carbocycles. The van der Waals surface area contributed by atoms with E-state index in [4.69, 9.17) is 0 Å². The fraction of sp³-hybridized carbons (Fsp3) is 0. The Balaban J connectivity index is 2.32. The Morgan fingerprint density at radius 2 is 1.33 bits per heavy atom. The lowest BCUT2D eigenvalue weighted by Crippen LogP contribution is -1.83. The molecular weight excluding hydrogens is 430 g/mol. The maximum atomic E-state index is 2.39. The van der Waals surface area contributed by atoms with E-state index >= 15 is 0 Å². The minimum absolute atomic E-state index is 1.29. The second kappa shape index (κ2) is 5.54. The van der Waals surface area contributed by atoms with Gasteiger partial charge in [-0.1, -0.05) is 36.0 Å². The average Bonchev–Trinajstić information content (AvgIpc) is 2.25. The van der Waals surface area contributed by atoms with Gasteiger partial charge in [-0.15, -0.1) is 0 Å². The van der Waals surface area contributed by atoms with Gasteiger partial charge in [-0.2, -0.15) is 0 Å². The fourth-order valence-corrected chi connectivity index (χ4v) is 4.22. The molecule has 2 rings (SSSR count). The maximum absolute atomic E-state index is 2.39. The lowest BCUT2D eigenvalue weighted by Gasteiger charge is -2.06. The minimum atomic E-state index is 1.29. The summed E-state index contributed by atoms with van der Waals surface area (Å²) in [5.41, 5.74) is 0. The third kappa shape index (κ3) is 3.10. The zero-order valence-electron chi connectivity index (χ0n) is 7.78. The monoisotopic (exact) mass is 438 g/mol. The van der Waals surface area contributed by atoms with Crippen molar-refractivity contribution in [2.75, 3.05) is 0 Å². The molecule has 0 amide bonds. The molecule has 76 valence electrons. The van der Waals surface area contributed by atoms with E-state index in [1.807, 2.05) is 17.8 Å². The van der Waals surface area contributed by atoms with Gasteiger partial charge in [0, 0.05) is 16.9 Å². The average molecular weight is 438 g/mol. The molecule has 0 bridgehead atoms. The molecule has 3 heteroatoms. The van der Waals surface area contributed by atoms with Crippen molar-refractivity contribution in [3.05, 3.63) is 55.7 Å².